The number of aryl methyl sites for hydroxylation is 1. The number of carbonyl (C=O) groups excluding carboxylic acids is 1. The maximum atomic E-state index is 14.5. The second kappa shape index (κ2) is 8.47. The molecule has 3 aromatic rings. The molecule has 1 saturated heterocycles. The minimum Gasteiger partial charge on any atom is -0.367 e. The number of piperidine rings is 1. The Kier molecular flexibility index (Phi) is 5.70. The van der Waals surface area contributed by atoms with Gasteiger partial charge in [-0.3, -0.25) is 4.79 Å². The summed E-state index contributed by atoms with van der Waals surface area (Å²) in [4.78, 5) is 22.7. The van der Waals surface area contributed by atoms with E-state index < -0.39 is 23.2 Å². The van der Waals surface area contributed by atoms with Crippen molar-refractivity contribution in [2.45, 2.75) is 51.6 Å². The largest absolute Gasteiger partial charge is 0.419 e. The van der Waals surface area contributed by atoms with Crippen molar-refractivity contribution < 1.29 is 27.1 Å². The highest BCUT2D eigenvalue weighted by molar-refractivity contribution is 5.89. The Hall–Kier alpha value is -3.21. The monoisotopic (exact) mass is 491 g/mol. The molecule has 186 valence electrons. The lowest BCUT2D eigenvalue weighted by atomic mass is 9.86. The first kappa shape index (κ1) is 23.5. The van der Waals surface area contributed by atoms with E-state index in [-0.39, 0.29) is 18.0 Å². The first-order valence-electron chi connectivity index (χ1n) is 11.5. The molecule has 35 heavy (non-hydrogen) atoms. The standard InChI is InChI=1S/C24H25F4N5O2/c1-14-30-21(29-13-16-4-3-5-18(20(16)25)24(26,27)28)17-12-19-23(6-8-32(9-7-23)15(2)34)35-11-10-33(19)22(17)31-14/h3-5,12H,6-11,13H2,1-2H3,(H,29,30,31). The van der Waals surface area contributed by atoms with Crippen molar-refractivity contribution in [3.63, 3.8) is 0 Å². The Bertz CT molecular complexity index is 1300. The molecule has 0 saturated carbocycles. The number of carbonyl (C=O) groups is 1. The number of anilines is 1. The second-order valence-corrected chi connectivity index (χ2v) is 9.02. The van der Waals surface area contributed by atoms with Gasteiger partial charge in [0.25, 0.3) is 0 Å². The zero-order chi connectivity index (χ0) is 25.0. The van der Waals surface area contributed by atoms with E-state index in [4.69, 9.17) is 4.74 Å². The minimum absolute atomic E-state index is 0.0333. The molecule has 5 rings (SSSR count). The topological polar surface area (TPSA) is 72.3 Å². The van der Waals surface area contributed by atoms with E-state index in [1.165, 1.54) is 12.1 Å². The van der Waals surface area contributed by atoms with Crippen LogP contribution in [-0.2, 0) is 34.4 Å². The number of amides is 1. The fourth-order valence-electron chi connectivity index (χ4n) is 5.08. The number of ether oxygens (including phenoxy) is 1. The molecule has 1 aromatic carbocycles. The Morgan fingerprint density at radius 2 is 1.94 bits per heavy atom. The van der Waals surface area contributed by atoms with Gasteiger partial charge in [0.15, 0.2) is 0 Å². The van der Waals surface area contributed by atoms with Gasteiger partial charge in [0.1, 0.15) is 28.7 Å². The molecule has 0 atom stereocenters. The number of nitrogens with one attached hydrogen (secondary N) is 1. The average Bonchev–Trinajstić information content (AvgIpc) is 3.18. The van der Waals surface area contributed by atoms with Crippen molar-refractivity contribution in [1.82, 2.24) is 19.4 Å². The molecular weight excluding hydrogens is 466 g/mol. The van der Waals surface area contributed by atoms with Crippen molar-refractivity contribution in [1.29, 1.82) is 0 Å². The number of likely N-dealkylation sites (tertiary alicyclic amines) is 1. The number of aromatic nitrogens is 3. The van der Waals surface area contributed by atoms with Crippen LogP contribution in [0.5, 0.6) is 0 Å². The molecular formula is C24H25F4N5O2. The van der Waals surface area contributed by atoms with Crippen molar-refractivity contribution in [3.05, 3.63) is 52.7 Å². The molecule has 4 heterocycles. The molecule has 1 spiro atoms. The molecule has 1 N–H and O–H groups in total. The molecule has 2 aliphatic heterocycles. The quantitative estimate of drug-likeness (QED) is 0.551. The summed E-state index contributed by atoms with van der Waals surface area (Å²) in [5.74, 6) is -0.360. The van der Waals surface area contributed by atoms with E-state index in [2.05, 4.69) is 19.9 Å². The zero-order valence-corrected chi connectivity index (χ0v) is 19.4. The number of hydrogen-bond acceptors (Lipinski definition) is 5. The Labute approximate surface area is 199 Å². The third kappa shape index (κ3) is 4.11. The molecule has 1 amide bonds. The van der Waals surface area contributed by atoms with Crippen molar-refractivity contribution >= 4 is 22.8 Å². The zero-order valence-electron chi connectivity index (χ0n) is 19.4. The van der Waals surface area contributed by atoms with Crippen LogP contribution in [0.2, 0.25) is 0 Å². The van der Waals surface area contributed by atoms with Gasteiger partial charge in [0.2, 0.25) is 5.91 Å². The van der Waals surface area contributed by atoms with E-state index in [1.54, 1.807) is 18.7 Å². The van der Waals surface area contributed by atoms with Crippen LogP contribution in [0.1, 0.15) is 42.4 Å². The molecule has 0 bridgehead atoms. The van der Waals surface area contributed by atoms with Crippen LogP contribution in [0.25, 0.3) is 11.0 Å². The molecule has 11 heteroatoms. The lowest BCUT2D eigenvalue weighted by molar-refractivity contribution is -0.141. The maximum absolute atomic E-state index is 14.5. The van der Waals surface area contributed by atoms with Crippen LogP contribution < -0.4 is 5.32 Å². The lowest BCUT2D eigenvalue weighted by Gasteiger charge is -2.44. The fourth-order valence-corrected chi connectivity index (χ4v) is 5.08. The summed E-state index contributed by atoms with van der Waals surface area (Å²) in [7, 11) is 0. The van der Waals surface area contributed by atoms with E-state index in [0.717, 1.165) is 11.8 Å². The fraction of sp³-hybridized carbons (Fsp3) is 0.458. The van der Waals surface area contributed by atoms with Crippen LogP contribution >= 0.6 is 0 Å². The van der Waals surface area contributed by atoms with Crippen LogP contribution in [0.3, 0.4) is 0 Å². The lowest BCUT2D eigenvalue weighted by Crippen LogP contribution is -2.48. The van der Waals surface area contributed by atoms with Crippen molar-refractivity contribution in [2.75, 3.05) is 25.0 Å². The molecule has 1 fully saturated rings. The molecule has 2 aliphatic rings. The van der Waals surface area contributed by atoms with Gasteiger partial charge in [-0.15, -0.1) is 0 Å². The molecule has 0 aliphatic carbocycles. The van der Waals surface area contributed by atoms with Gasteiger partial charge >= 0.3 is 6.18 Å². The van der Waals surface area contributed by atoms with Gasteiger partial charge in [-0.05, 0) is 31.9 Å². The van der Waals surface area contributed by atoms with E-state index >= 15 is 0 Å². The van der Waals surface area contributed by atoms with E-state index in [0.29, 0.717) is 61.8 Å². The number of fused-ring (bicyclic) bond motifs is 4. The predicted molar refractivity (Wildman–Crippen MR) is 120 cm³/mol. The van der Waals surface area contributed by atoms with Crippen molar-refractivity contribution in [2.24, 2.45) is 0 Å². The Morgan fingerprint density at radius 3 is 2.63 bits per heavy atom. The highest BCUT2D eigenvalue weighted by Gasteiger charge is 2.43. The number of rotatable bonds is 3. The summed E-state index contributed by atoms with van der Waals surface area (Å²) >= 11 is 0. The summed E-state index contributed by atoms with van der Waals surface area (Å²) in [5, 5.41) is 3.71. The van der Waals surface area contributed by atoms with Crippen LogP contribution in [0.15, 0.2) is 24.3 Å². The summed E-state index contributed by atoms with van der Waals surface area (Å²) in [6, 6.07) is 5.18. The first-order chi connectivity index (χ1) is 16.6. The van der Waals surface area contributed by atoms with Crippen LogP contribution in [-0.4, -0.2) is 45.0 Å². The van der Waals surface area contributed by atoms with Gasteiger partial charge < -0.3 is 19.5 Å². The third-order valence-corrected chi connectivity index (χ3v) is 6.87. The second-order valence-electron chi connectivity index (χ2n) is 9.02. The van der Waals surface area contributed by atoms with Gasteiger partial charge in [0, 0.05) is 38.7 Å². The summed E-state index contributed by atoms with van der Waals surface area (Å²) in [6.45, 7) is 5.38. The Balaban J connectivity index is 1.49. The number of halogens is 4. The highest BCUT2D eigenvalue weighted by Crippen LogP contribution is 2.42. The van der Waals surface area contributed by atoms with Gasteiger partial charge in [0.05, 0.1) is 23.3 Å². The smallest absolute Gasteiger partial charge is 0.367 e. The van der Waals surface area contributed by atoms with Gasteiger partial charge in [-0.25, -0.2) is 14.4 Å². The summed E-state index contributed by atoms with van der Waals surface area (Å²) in [5.41, 5.74) is -0.324. The van der Waals surface area contributed by atoms with Crippen LogP contribution in [0, 0.1) is 12.7 Å². The van der Waals surface area contributed by atoms with Crippen LogP contribution in [0.4, 0.5) is 23.4 Å². The molecule has 0 unspecified atom stereocenters. The number of alkyl halides is 3. The Morgan fingerprint density at radius 1 is 1.20 bits per heavy atom. The maximum Gasteiger partial charge on any atom is 0.419 e. The van der Waals surface area contributed by atoms with E-state index in [1.807, 2.05) is 6.07 Å². The van der Waals surface area contributed by atoms with E-state index in [9.17, 15) is 22.4 Å². The van der Waals surface area contributed by atoms with Crippen molar-refractivity contribution in [3.8, 4) is 0 Å². The molecule has 0 radical (unpaired) electrons. The predicted octanol–water partition coefficient (Wildman–Crippen LogP) is 4.38. The van der Waals surface area contributed by atoms with Gasteiger partial charge in [-0.2, -0.15) is 13.2 Å². The number of hydrogen-bond donors (Lipinski definition) is 1. The minimum atomic E-state index is -4.77. The SMILES string of the molecule is CC(=O)N1CCC2(CC1)OCCn1c2cc2c(NCc3cccc(C(F)(F)F)c3F)nc(C)nc21. The third-order valence-electron chi connectivity index (χ3n) is 6.87. The molecule has 7 nitrogen and oxygen atoms in total. The number of nitrogens with zero attached hydrogens (tertiary/aromatic N) is 4. The average molecular weight is 491 g/mol. The first-order valence-corrected chi connectivity index (χ1v) is 11.5. The summed E-state index contributed by atoms with van der Waals surface area (Å²) < 4.78 is 62.2. The summed E-state index contributed by atoms with van der Waals surface area (Å²) in [6.07, 6.45) is -3.48. The number of benzene rings is 1. The van der Waals surface area contributed by atoms with Gasteiger partial charge in [-0.1, -0.05) is 12.1 Å². The normalized spacial score (nSPS) is 17.6. The highest BCUT2D eigenvalue weighted by atomic mass is 19.4. The molecule has 2 aromatic heterocycles.